The Bertz CT molecular complexity index is 526. The van der Waals surface area contributed by atoms with Crippen LogP contribution in [0.15, 0.2) is 48.7 Å². The van der Waals surface area contributed by atoms with Gasteiger partial charge in [0.15, 0.2) is 5.11 Å². The normalized spacial score (nSPS) is 9.83. The van der Waals surface area contributed by atoms with E-state index < -0.39 is 0 Å². The van der Waals surface area contributed by atoms with Crippen molar-refractivity contribution in [2.45, 2.75) is 13.5 Å². The number of hydrogen-bond acceptors (Lipinski definition) is 2. The number of benzene rings is 1. The zero-order valence-corrected chi connectivity index (χ0v) is 11.0. The second-order valence-corrected chi connectivity index (χ2v) is 4.35. The zero-order valence-electron chi connectivity index (χ0n) is 10.2. The molecular weight excluding hydrogens is 242 g/mol. The number of anilines is 1. The van der Waals surface area contributed by atoms with Crippen molar-refractivity contribution in [2.75, 3.05) is 5.32 Å². The third-order valence-corrected chi connectivity index (χ3v) is 2.81. The number of rotatable bonds is 3. The fraction of sp³-hybridized carbons (Fsp3) is 0.143. The molecule has 1 aromatic carbocycles. The first-order valence-corrected chi connectivity index (χ1v) is 6.17. The summed E-state index contributed by atoms with van der Waals surface area (Å²) in [7, 11) is 0. The maximum Gasteiger partial charge on any atom is 0.171 e. The van der Waals surface area contributed by atoms with Crippen LogP contribution in [0, 0.1) is 6.92 Å². The molecule has 0 atom stereocenters. The van der Waals surface area contributed by atoms with Gasteiger partial charge in [-0.25, -0.2) is 0 Å². The standard InChI is InChI=1S/C14H15N3S/c1-11-6-5-9-15-13(11)10-16-14(18)17-12-7-3-2-4-8-12/h2-9H,10H2,1H3,(H2,16,17,18). The minimum Gasteiger partial charge on any atom is -0.357 e. The summed E-state index contributed by atoms with van der Waals surface area (Å²) in [5.74, 6) is 0. The van der Waals surface area contributed by atoms with Gasteiger partial charge in [0.1, 0.15) is 0 Å². The van der Waals surface area contributed by atoms with E-state index in [1.807, 2.05) is 49.4 Å². The van der Waals surface area contributed by atoms with Crippen molar-refractivity contribution < 1.29 is 0 Å². The summed E-state index contributed by atoms with van der Waals surface area (Å²) in [6.45, 7) is 2.67. The molecule has 2 rings (SSSR count). The SMILES string of the molecule is Cc1cccnc1CNC(=S)Nc1ccccc1. The average Bonchev–Trinajstić information content (AvgIpc) is 2.39. The van der Waals surface area contributed by atoms with Crippen LogP contribution >= 0.6 is 12.2 Å². The molecule has 0 aliphatic carbocycles. The van der Waals surface area contributed by atoms with Gasteiger partial charge in [0.05, 0.1) is 12.2 Å². The van der Waals surface area contributed by atoms with Crippen LogP contribution in [0.3, 0.4) is 0 Å². The fourth-order valence-corrected chi connectivity index (χ4v) is 1.75. The van der Waals surface area contributed by atoms with E-state index in [0.717, 1.165) is 16.9 Å². The molecule has 0 fully saturated rings. The lowest BCUT2D eigenvalue weighted by molar-refractivity contribution is 0.870. The van der Waals surface area contributed by atoms with Crippen LogP contribution in [-0.4, -0.2) is 10.1 Å². The highest BCUT2D eigenvalue weighted by Gasteiger charge is 2.00. The average molecular weight is 257 g/mol. The first-order chi connectivity index (χ1) is 8.75. The molecule has 0 amide bonds. The highest BCUT2D eigenvalue weighted by molar-refractivity contribution is 7.80. The first-order valence-electron chi connectivity index (χ1n) is 5.76. The van der Waals surface area contributed by atoms with Crippen molar-refractivity contribution in [1.29, 1.82) is 0 Å². The Hall–Kier alpha value is -1.94. The molecule has 0 saturated heterocycles. The van der Waals surface area contributed by atoms with Crippen LogP contribution in [0.2, 0.25) is 0 Å². The lowest BCUT2D eigenvalue weighted by Gasteiger charge is -2.11. The monoisotopic (exact) mass is 257 g/mol. The van der Waals surface area contributed by atoms with Crippen molar-refractivity contribution in [2.24, 2.45) is 0 Å². The van der Waals surface area contributed by atoms with Gasteiger partial charge in [-0.05, 0) is 42.9 Å². The molecule has 0 unspecified atom stereocenters. The maximum absolute atomic E-state index is 5.23. The molecule has 3 nitrogen and oxygen atoms in total. The van der Waals surface area contributed by atoms with Crippen LogP contribution in [-0.2, 0) is 6.54 Å². The van der Waals surface area contributed by atoms with Gasteiger partial charge in [-0.2, -0.15) is 0 Å². The lowest BCUT2D eigenvalue weighted by atomic mass is 10.2. The summed E-state index contributed by atoms with van der Waals surface area (Å²) >= 11 is 5.23. The van der Waals surface area contributed by atoms with E-state index in [-0.39, 0.29) is 0 Å². The first kappa shape index (κ1) is 12.5. The van der Waals surface area contributed by atoms with Gasteiger partial charge in [0, 0.05) is 11.9 Å². The fourth-order valence-electron chi connectivity index (χ4n) is 1.56. The lowest BCUT2D eigenvalue weighted by Crippen LogP contribution is -2.28. The van der Waals surface area contributed by atoms with Gasteiger partial charge in [0.25, 0.3) is 0 Å². The molecule has 1 aromatic heterocycles. The van der Waals surface area contributed by atoms with Crippen LogP contribution in [0.1, 0.15) is 11.3 Å². The molecule has 2 N–H and O–H groups in total. The Morgan fingerprint density at radius 3 is 2.67 bits per heavy atom. The Morgan fingerprint density at radius 2 is 1.94 bits per heavy atom. The summed E-state index contributed by atoms with van der Waals surface area (Å²) in [6, 6.07) is 13.8. The summed E-state index contributed by atoms with van der Waals surface area (Å²) < 4.78 is 0. The highest BCUT2D eigenvalue weighted by Crippen LogP contribution is 2.05. The van der Waals surface area contributed by atoms with Crippen LogP contribution in [0.5, 0.6) is 0 Å². The van der Waals surface area contributed by atoms with Crippen molar-refractivity contribution in [3.8, 4) is 0 Å². The third kappa shape index (κ3) is 3.53. The summed E-state index contributed by atoms with van der Waals surface area (Å²) in [5, 5.41) is 6.87. The van der Waals surface area contributed by atoms with Crippen LogP contribution < -0.4 is 10.6 Å². The molecule has 0 aliphatic rings. The number of hydrogen-bond donors (Lipinski definition) is 2. The number of para-hydroxylation sites is 1. The second-order valence-electron chi connectivity index (χ2n) is 3.94. The minimum absolute atomic E-state index is 0.603. The second kappa shape index (κ2) is 6.12. The van der Waals surface area contributed by atoms with Crippen molar-refractivity contribution in [3.63, 3.8) is 0 Å². The van der Waals surface area contributed by atoms with E-state index in [1.54, 1.807) is 6.20 Å². The molecule has 0 bridgehead atoms. The number of nitrogens with zero attached hydrogens (tertiary/aromatic N) is 1. The topological polar surface area (TPSA) is 37.0 Å². The predicted octanol–water partition coefficient (Wildman–Crippen LogP) is 2.88. The molecule has 0 aliphatic heterocycles. The molecule has 92 valence electrons. The third-order valence-electron chi connectivity index (χ3n) is 2.57. The van der Waals surface area contributed by atoms with Gasteiger partial charge in [-0.1, -0.05) is 24.3 Å². The van der Waals surface area contributed by atoms with Crippen LogP contribution in [0.4, 0.5) is 5.69 Å². The van der Waals surface area contributed by atoms with Crippen LogP contribution in [0.25, 0.3) is 0 Å². The number of aromatic nitrogens is 1. The predicted molar refractivity (Wildman–Crippen MR) is 78.5 cm³/mol. The van der Waals surface area contributed by atoms with Gasteiger partial charge in [0.2, 0.25) is 0 Å². The van der Waals surface area contributed by atoms with E-state index in [2.05, 4.69) is 15.6 Å². The largest absolute Gasteiger partial charge is 0.357 e. The highest BCUT2D eigenvalue weighted by atomic mass is 32.1. The Kier molecular flexibility index (Phi) is 4.25. The number of nitrogens with one attached hydrogen (secondary N) is 2. The zero-order chi connectivity index (χ0) is 12.8. The van der Waals surface area contributed by atoms with E-state index in [0.29, 0.717) is 11.7 Å². The summed E-state index contributed by atoms with van der Waals surface area (Å²) in [6.07, 6.45) is 1.79. The van der Waals surface area contributed by atoms with Crippen molar-refractivity contribution in [3.05, 3.63) is 59.9 Å². The van der Waals surface area contributed by atoms with E-state index in [9.17, 15) is 0 Å². The van der Waals surface area contributed by atoms with Gasteiger partial charge in [-0.3, -0.25) is 4.98 Å². The van der Waals surface area contributed by atoms with E-state index in [1.165, 1.54) is 0 Å². The quantitative estimate of drug-likeness (QED) is 0.829. The Morgan fingerprint density at radius 1 is 1.17 bits per heavy atom. The molecule has 4 heteroatoms. The molecular formula is C14H15N3S. The Labute approximate surface area is 112 Å². The molecule has 1 heterocycles. The van der Waals surface area contributed by atoms with Gasteiger partial charge in [-0.15, -0.1) is 0 Å². The smallest absolute Gasteiger partial charge is 0.171 e. The number of thiocarbonyl (C=S) groups is 1. The van der Waals surface area contributed by atoms with E-state index >= 15 is 0 Å². The summed E-state index contributed by atoms with van der Waals surface area (Å²) in [4.78, 5) is 4.31. The maximum atomic E-state index is 5.23. The molecule has 18 heavy (non-hydrogen) atoms. The molecule has 2 aromatic rings. The molecule has 0 saturated carbocycles. The van der Waals surface area contributed by atoms with Gasteiger partial charge >= 0.3 is 0 Å². The number of pyridine rings is 1. The van der Waals surface area contributed by atoms with Crippen molar-refractivity contribution in [1.82, 2.24) is 10.3 Å². The summed E-state index contributed by atoms with van der Waals surface area (Å²) in [5.41, 5.74) is 3.15. The number of aryl methyl sites for hydroxylation is 1. The van der Waals surface area contributed by atoms with Gasteiger partial charge < -0.3 is 10.6 Å². The van der Waals surface area contributed by atoms with E-state index in [4.69, 9.17) is 12.2 Å². The van der Waals surface area contributed by atoms with Crippen molar-refractivity contribution >= 4 is 23.0 Å². The minimum atomic E-state index is 0.603. The molecule has 0 radical (unpaired) electrons. The Balaban J connectivity index is 1.88. The molecule has 0 spiro atoms.